The molecule has 104 valence electrons. The lowest BCUT2D eigenvalue weighted by Gasteiger charge is -2.34. The highest BCUT2D eigenvalue weighted by Gasteiger charge is 2.23. The second-order valence-corrected chi connectivity index (χ2v) is 5.44. The van der Waals surface area contributed by atoms with Gasteiger partial charge in [-0.1, -0.05) is 11.6 Å². The van der Waals surface area contributed by atoms with E-state index in [9.17, 15) is 4.79 Å². The van der Waals surface area contributed by atoms with Crippen molar-refractivity contribution in [3.8, 4) is 0 Å². The molecule has 0 aromatic heterocycles. The summed E-state index contributed by atoms with van der Waals surface area (Å²) in [6, 6.07) is 7.11. The molecule has 0 bridgehead atoms. The van der Waals surface area contributed by atoms with Crippen molar-refractivity contribution in [2.75, 3.05) is 25.0 Å². The fourth-order valence-electron chi connectivity index (χ4n) is 2.35. The van der Waals surface area contributed by atoms with Gasteiger partial charge in [0, 0.05) is 23.8 Å². The minimum Gasteiger partial charge on any atom is -0.373 e. The van der Waals surface area contributed by atoms with E-state index in [1.54, 1.807) is 24.3 Å². The molecule has 1 aliphatic heterocycles. The number of benzene rings is 1. The monoisotopic (exact) mass is 282 g/mol. The number of rotatable bonds is 3. The zero-order valence-electron chi connectivity index (χ0n) is 11.2. The Kier molecular flexibility index (Phi) is 4.80. The Morgan fingerprint density at radius 3 is 2.47 bits per heavy atom. The SMILES string of the molecule is C[C@@H]1CN(CC(=O)Nc2ccc(Cl)cc2)C[C@@H](C)O1. The van der Waals surface area contributed by atoms with Crippen molar-refractivity contribution in [3.63, 3.8) is 0 Å². The Morgan fingerprint density at radius 2 is 1.89 bits per heavy atom. The molecule has 1 amide bonds. The summed E-state index contributed by atoms with van der Waals surface area (Å²) < 4.78 is 5.64. The van der Waals surface area contributed by atoms with E-state index < -0.39 is 0 Å². The molecule has 1 aliphatic rings. The van der Waals surface area contributed by atoms with Gasteiger partial charge in [-0.15, -0.1) is 0 Å². The number of hydrogen-bond acceptors (Lipinski definition) is 3. The number of halogens is 1. The van der Waals surface area contributed by atoms with Crippen molar-refractivity contribution in [3.05, 3.63) is 29.3 Å². The average Bonchev–Trinajstić information content (AvgIpc) is 2.30. The van der Waals surface area contributed by atoms with Gasteiger partial charge in [0.25, 0.3) is 0 Å². The summed E-state index contributed by atoms with van der Waals surface area (Å²) in [5.74, 6) is -0.0105. The van der Waals surface area contributed by atoms with Crippen LogP contribution in [-0.2, 0) is 9.53 Å². The standard InChI is InChI=1S/C14H19ClN2O2/c1-10-7-17(8-11(2)19-10)9-14(18)16-13-5-3-12(15)4-6-13/h3-6,10-11H,7-9H2,1-2H3,(H,16,18)/t10-,11-/m1/s1. The summed E-state index contributed by atoms with van der Waals surface area (Å²) in [5.41, 5.74) is 0.767. The van der Waals surface area contributed by atoms with Gasteiger partial charge in [-0.25, -0.2) is 0 Å². The minimum atomic E-state index is -0.0105. The van der Waals surface area contributed by atoms with E-state index >= 15 is 0 Å². The van der Waals surface area contributed by atoms with E-state index in [0.717, 1.165) is 18.8 Å². The van der Waals surface area contributed by atoms with Gasteiger partial charge < -0.3 is 10.1 Å². The van der Waals surface area contributed by atoms with Crippen LogP contribution in [0.25, 0.3) is 0 Å². The summed E-state index contributed by atoms with van der Waals surface area (Å²) in [4.78, 5) is 14.1. The van der Waals surface area contributed by atoms with E-state index in [4.69, 9.17) is 16.3 Å². The van der Waals surface area contributed by atoms with Crippen LogP contribution >= 0.6 is 11.6 Å². The molecule has 2 rings (SSSR count). The van der Waals surface area contributed by atoms with Crippen molar-refractivity contribution in [2.24, 2.45) is 0 Å². The van der Waals surface area contributed by atoms with Crippen molar-refractivity contribution >= 4 is 23.2 Å². The van der Waals surface area contributed by atoms with Crippen LogP contribution in [-0.4, -0.2) is 42.6 Å². The number of nitrogens with one attached hydrogen (secondary N) is 1. The smallest absolute Gasteiger partial charge is 0.238 e. The molecule has 4 nitrogen and oxygen atoms in total. The maximum atomic E-state index is 12.0. The van der Waals surface area contributed by atoms with E-state index in [0.29, 0.717) is 11.6 Å². The lowest BCUT2D eigenvalue weighted by atomic mass is 10.2. The normalized spacial score (nSPS) is 24.2. The summed E-state index contributed by atoms with van der Waals surface area (Å²) in [5, 5.41) is 3.53. The molecule has 19 heavy (non-hydrogen) atoms. The topological polar surface area (TPSA) is 41.6 Å². The third-order valence-corrected chi connectivity index (χ3v) is 3.24. The highest BCUT2D eigenvalue weighted by atomic mass is 35.5. The molecule has 1 aromatic carbocycles. The molecule has 1 heterocycles. The van der Waals surface area contributed by atoms with E-state index in [-0.39, 0.29) is 18.1 Å². The minimum absolute atomic E-state index is 0.0105. The first kappa shape index (κ1) is 14.3. The molecule has 0 radical (unpaired) electrons. The quantitative estimate of drug-likeness (QED) is 0.925. The first-order valence-electron chi connectivity index (χ1n) is 6.46. The molecular formula is C14H19ClN2O2. The molecule has 0 saturated carbocycles. The summed E-state index contributed by atoms with van der Waals surface area (Å²) in [7, 11) is 0. The van der Waals surface area contributed by atoms with Gasteiger partial charge >= 0.3 is 0 Å². The molecule has 2 atom stereocenters. The molecule has 1 fully saturated rings. The van der Waals surface area contributed by atoms with Crippen LogP contribution in [0, 0.1) is 0 Å². The molecule has 5 heteroatoms. The van der Waals surface area contributed by atoms with E-state index in [1.807, 2.05) is 13.8 Å². The highest BCUT2D eigenvalue weighted by molar-refractivity contribution is 6.30. The van der Waals surface area contributed by atoms with Crippen molar-refractivity contribution < 1.29 is 9.53 Å². The van der Waals surface area contributed by atoms with E-state index in [1.165, 1.54) is 0 Å². The van der Waals surface area contributed by atoms with Crippen LogP contribution in [0.4, 0.5) is 5.69 Å². The van der Waals surface area contributed by atoms with Gasteiger partial charge in [0.1, 0.15) is 0 Å². The van der Waals surface area contributed by atoms with Gasteiger partial charge in [-0.3, -0.25) is 9.69 Å². The Morgan fingerprint density at radius 1 is 1.32 bits per heavy atom. The van der Waals surface area contributed by atoms with Gasteiger partial charge in [0.05, 0.1) is 18.8 Å². The van der Waals surface area contributed by atoms with Crippen LogP contribution in [0.1, 0.15) is 13.8 Å². The summed E-state index contributed by atoms with van der Waals surface area (Å²) in [6.45, 7) is 6.02. The fourth-order valence-corrected chi connectivity index (χ4v) is 2.48. The van der Waals surface area contributed by atoms with Crippen LogP contribution < -0.4 is 5.32 Å². The van der Waals surface area contributed by atoms with Gasteiger partial charge in [-0.2, -0.15) is 0 Å². The molecular weight excluding hydrogens is 264 g/mol. The first-order valence-corrected chi connectivity index (χ1v) is 6.84. The maximum absolute atomic E-state index is 12.0. The predicted molar refractivity (Wildman–Crippen MR) is 76.5 cm³/mol. The lowest BCUT2D eigenvalue weighted by Crippen LogP contribution is -2.48. The van der Waals surface area contributed by atoms with Crippen LogP contribution in [0.15, 0.2) is 24.3 Å². The third kappa shape index (κ3) is 4.49. The number of ether oxygens (including phenoxy) is 1. The molecule has 0 unspecified atom stereocenters. The van der Waals surface area contributed by atoms with Crippen LogP contribution in [0.2, 0.25) is 5.02 Å². The van der Waals surface area contributed by atoms with E-state index in [2.05, 4.69) is 10.2 Å². The second kappa shape index (κ2) is 6.37. The van der Waals surface area contributed by atoms with Gasteiger partial charge in [-0.05, 0) is 38.1 Å². The number of carbonyl (C=O) groups excluding carboxylic acids is 1. The Bertz CT molecular complexity index is 426. The number of carbonyl (C=O) groups is 1. The van der Waals surface area contributed by atoms with Gasteiger partial charge in [0.2, 0.25) is 5.91 Å². The second-order valence-electron chi connectivity index (χ2n) is 5.01. The summed E-state index contributed by atoms with van der Waals surface area (Å²) in [6.07, 6.45) is 0.346. The van der Waals surface area contributed by atoms with Crippen molar-refractivity contribution in [2.45, 2.75) is 26.1 Å². The number of morpholine rings is 1. The Balaban J connectivity index is 1.85. The predicted octanol–water partition coefficient (Wildman–Crippen LogP) is 2.39. The largest absolute Gasteiger partial charge is 0.373 e. The number of amides is 1. The third-order valence-electron chi connectivity index (χ3n) is 2.99. The maximum Gasteiger partial charge on any atom is 0.238 e. The fraction of sp³-hybridized carbons (Fsp3) is 0.500. The molecule has 1 aromatic rings. The molecule has 1 N–H and O–H groups in total. The van der Waals surface area contributed by atoms with Crippen LogP contribution in [0.5, 0.6) is 0 Å². The van der Waals surface area contributed by atoms with Crippen molar-refractivity contribution in [1.82, 2.24) is 4.90 Å². The number of hydrogen-bond donors (Lipinski definition) is 1. The van der Waals surface area contributed by atoms with Crippen LogP contribution in [0.3, 0.4) is 0 Å². The van der Waals surface area contributed by atoms with Gasteiger partial charge in [0.15, 0.2) is 0 Å². The Hall–Kier alpha value is -1.10. The molecule has 0 spiro atoms. The number of anilines is 1. The Labute approximate surface area is 118 Å². The lowest BCUT2D eigenvalue weighted by molar-refractivity contribution is -0.121. The average molecular weight is 283 g/mol. The molecule has 1 saturated heterocycles. The first-order chi connectivity index (χ1) is 9.02. The zero-order valence-corrected chi connectivity index (χ0v) is 12.0. The number of nitrogens with zero attached hydrogens (tertiary/aromatic N) is 1. The molecule has 0 aliphatic carbocycles. The summed E-state index contributed by atoms with van der Waals surface area (Å²) >= 11 is 5.80. The highest BCUT2D eigenvalue weighted by Crippen LogP contribution is 2.14. The zero-order chi connectivity index (χ0) is 13.8. The van der Waals surface area contributed by atoms with Crippen molar-refractivity contribution in [1.29, 1.82) is 0 Å².